The molecule has 1 amide bonds. The number of halogens is 1. The molecule has 1 aromatic heterocycles. The van der Waals surface area contributed by atoms with Crippen molar-refractivity contribution in [3.05, 3.63) is 81.8 Å². The summed E-state index contributed by atoms with van der Waals surface area (Å²) in [7, 11) is 1.94. The number of carbonyl (C=O) groups is 1. The smallest absolute Gasteiger partial charge is 0.262 e. The highest BCUT2D eigenvalue weighted by Gasteiger charge is 2.39. The van der Waals surface area contributed by atoms with Crippen LogP contribution in [0.25, 0.3) is 0 Å². The Morgan fingerprint density at radius 2 is 1.64 bits per heavy atom. The first-order valence-electron chi connectivity index (χ1n) is 8.04. The number of rotatable bonds is 2. The maximum Gasteiger partial charge on any atom is 0.262 e. The van der Waals surface area contributed by atoms with E-state index in [4.69, 9.17) is 0 Å². The highest BCUT2D eigenvalue weighted by molar-refractivity contribution is 7.12. The zero-order chi connectivity index (χ0) is 17.6. The summed E-state index contributed by atoms with van der Waals surface area (Å²) in [6.07, 6.45) is -0.377. The lowest BCUT2D eigenvalue weighted by Gasteiger charge is -2.43. The van der Waals surface area contributed by atoms with Gasteiger partial charge in [-0.15, -0.1) is 11.3 Å². The summed E-state index contributed by atoms with van der Waals surface area (Å²) < 4.78 is 14.5. The number of amides is 1. The van der Waals surface area contributed by atoms with Crippen LogP contribution in [0.1, 0.15) is 26.3 Å². The average molecular weight is 352 g/mol. The summed E-state index contributed by atoms with van der Waals surface area (Å²) in [5, 5.41) is 0. The first-order valence-corrected chi connectivity index (χ1v) is 8.86. The minimum atomic E-state index is -0.401. The molecule has 0 spiro atoms. The van der Waals surface area contributed by atoms with Crippen molar-refractivity contribution in [1.29, 1.82) is 0 Å². The summed E-state index contributed by atoms with van der Waals surface area (Å²) in [6, 6.07) is 17.9. The van der Waals surface area contributed by atoms with Gasteiger partial charge in [0.15, 0.2) is 0 Å². The summed E-state index contributed by atoms with van der Waals surface area (Å²) >= 11 is 1.62. The highest BCUT2D eigenvalue weighted by Crippen LogP contribution is 2.42. The fourth-order valence-corrected chi connectivity index (χ4v) is 4.32. The minimum absolute atomic E-state index is 0.185. The van der Waals surface area contributed by atoms with Crippen LogP contribution >= 0.6 is 11.3 Å². The molecule has 3 aromatic rings. The molecule has 126 valence electrons. The molecule has 0 bridgehead atoms. The van der Waals surface area contributed by atoms with Crippen LogP contribution in [-0.2, 0) is 0 Å². The monoisotopic (exact) mass is 352 g/mol. The number of fused-ring (bicyclic) bond motifs is 1. The molecule has 2 aromatic carbocycles. The Hall–Kier alpha value is -2.66. The lowest BCUT2D eigenvalue weighted by molar-refractivity contribution is 0.0969. The second-order valence-electron chi connectivity index (χ2n) is 6.08. The molecule has 1 unspecified atom stereocenters. The maximum absolute atomic E-state index is 14.5. The van der Waals surface area contributed by atoms with Gasteiger partial charge in [-0.05, 0) is 43.3 Å². The number of hydrogen-bond donors (Lipinski definition) is 0. The van der Waals surface area contributed by atoms with Crippen LogP contribution in [0.5, 0.6) is 0 Å². The highest BCUT2D eigenvalue weighted by atomic mass is 32.1. The van der Waals surface area contributed by atoms with Gasteiger partial charge in [-0.2, -0.15) is 0 Å². The van der Waals surface area contributed by atoms with Crippen molar-refractivity contribution in [1.82, 2.24) is 0 Å². The third kappa shape index (κ3) is 2.51. The predicted octanol–water partition coefficient (Wildman–Crippen LogP) is 4.99. The Balaban J connectivity index is 1.95. The molecule has 0 saturated heterocycles. The minimum Gasteiger partial charge on any atom is -0.349 e. The molecule has 0 saturated carbocycles. The number of benzene rings is 2. The van der Waals surface area contributed by atoms with Crippen LogP contribution in [0.3, 0.4) is 0 Å². The van der Waals surface area contributed by atoms with E-state index in [1.54, 1.807) is 40.5 Å². The van der Waals surface area contributed by atoms with Gasteiger partial charge in [-0.25, -0.2) is 4.39 Å². The van der Waals surface area contributed by atoms with Gasteiger partial charge < -0.3 is 4.90 Å². The molecule has 3 nitrogen and oxygen atoms in total. The third-order valence-electron chi connectivity index (χ3n) is 4.47. The molecular formula is C20H17FN2OS. The fraction of sp³-hybridized carbons (Fsp3) is 0.150. The van der Waals surface area contributed by atoms with E-state index in [0.29, 0.717) is 11.3 Å². The van der Waals surface area contributed by atoms with Crippen LogP contribution in [0.4, 0.5) is 15.8 Å². The molecule has 5 heteroatoms. The Bertz CT molecular complexity index is 952. The number of thiophene rings is 1. The van der Waals surface area contributed by atoms with Gasteiger partial charge in [0.25, 0.3) is 5.91 Å². The van der Waals surface area contributed by atoms with E-state index < -0.39 is 5.82 Å². The Morgan fingerprint density at radius 3 is 2.32 bits per heavy atom. The van der Waals surface area contributed by atoms with Crippen LogP contribution in [0.15, 0.2) is 60.7 Å². The lowest BCUT2D eigenvalue weighted by Crippen LogP contribution is -2.48. The maximum atomic E-state index is 14.5. The number of para-hydroxylation sites is 2. The van der Waals surface area contributed by atoms with Gasteiger partial charge in [0.2, 0.25) is 0 Å². The summed E-state index contributed by atoms with van der Waals surface area (Å²) in [5.41, 5.74) is 1.74. The zero-order valence-corrected chi connectivity index (χ0v) is 14.8. The normalized spacial score (nSPS) is 16.9. The van der Waals surface area contributed by atoms with E-state index in [2.05, 4.69) is 0 Å². The van der Waals surface area contributed by atoms with Crippen LogP contribution in [-0.4, -0.2) is 13.0 Å². The Labute approximate surface area is 149 Å². The first-order chi connectivity index (χ1) is 12.1. The van der Waals surface area contributed by atoms with Gasteiger partial charge in [0.05, 0.1) is 16.9 Å². The van der Waals surface area contributed by atoms with E-state index in [9.17, 15) is 9.18 Å². The summed E-state index contributed by atoms with van der Waals surface area (Å²) in [4.78, 5) is 19.0. The van der Waals surface area contributed by atoms with Crippen LogP contribution in [0, 0.1) is 12.7 Å². The second-order valence-corrected chi connectivity index (χ2v) is 7.40. The molecule has 1 atom stereocenters. The number of nitrogens with zero attached hydrogens (tertiary/aromatic N) is 2. The van der Waals surface area contributed by atoms with E-state index in [-0.39, 0.29) is 12.1 Å². The Morgan fingerprint density at radius 1 is 0.960 bits per heavy atom. The SMILES string of the molecule is Cc1ccc(C2N(C)c3ccccc3C(=O)N2c2ccccc2F)s1. The molecule has 0 fully saturated rings. The van der Waals surface area contributed by atoms with Crippen molar-refractivity contribution in [3.8, 4) is 0 Å². The molecule has 4 rings (SSSR count). The molecule has 0 aliphatic carbocycles. The van der Waals surface area contributed by atoms with Crippen molar-refractivity contribution in [3.63, 3.8) is 0 Å². The van der Waals surface area contributed by atoms with Crippen LogP contribution < -0.4 is 9.80 Å². The van der Waals surface area contributed by atoms with Crippen molar-refractivity contribution in [2.75, 3.05) is 16.8 Å². The summed E-state index contributed by atoms with van der Waals surface area (Å²) in [5.74, 6) is -0.586. The topological polar surface area (TPSA) is 23.6 Å². The molecule has 2 heterocycles. The lowest BCUT2D eigenvalue weighted by atomic mass is 10.0. The molecule has 0 N–H and O–H groups in total. The Kier molecular flexibility index (Phi) is 3.81. The van der Waals surface area contributed by atoms with Crippen molar-refractivity contribution >= 4 is 28.6 Å². The van der Waals surface area contributed by atoms with E-state index in [1.165, 1.54) is 6.07 Å². The number of aryl methyl sites for hydroxylation is 1. The van der Waals surface area contributed by atoms with E-state index in [0.717, 1.165) is 15.4 Å². The van der Waals surface area contributed by atoms with E-state index in [1.807, 2.05) is 49.2 Å². The zero-order valence-electron chi connectivity index (χ0n) is 13.9. The molecular weight excluding hydrogens is 335 g/mol. The van der Waals surface area contributed by atoms with Crippen molar-refractivity contribution in [2.45, 2.75) is 13.1 Å². The van der Waals surface area contributed by atoms with E-state index >= 15 is 0 Å². The van der Waals surface area contributed by atoms with Crippen molar-refractivity contribution < 1.29 is 9.18 Å². The molecule has 1 aliphatic rings. The number of anilines is 2. The predicted molar refractivity (Wildman–Crippen MR) is 99.9 cm³/mol. The quantitative estimate of drug-likeness (QED) is 0.649. The first kappa shape index (κ1) is 15.8. The largest absolute Gasteiger partial charge is 0.349 e. The number of carbonyl (C=O) groups excluding carboxylic acids is 1. The third-order valence-corrected chi connectivity index (χ3v) is 5.51. The standard InChI is InChI=1S/C20H17FN2OS/c1-13-11-12-18(25-13)19-22(2)16-9-5-3-7-14(16)20(24)23(19)17-10-6-4-8-15(17)21/h3-12,19H,1-2H3. The molecule has 25 heavy (non-hydrogen) atoms. The van der Waals surface area contributed by atoms with Gasteiger partial charge >= 0.3 is 0 Å². The number of hydrogen-bond acceptors (Lipinski definition) is 3. The summed E-state index contributed by atoms with van der Waals surface area (Å²) in [6.45, 7) is 2.03. The molecule has 1 aliphatic heterocycles. The van der Waals surface area contributed by atoms with Gasteiger partial charge in [-0.1, -0.05) is 24.3 Å². The fourth-order valence-electron chi connectivity index (χ4n) is 3.31. The van der Waals surface area contributed by atoms with Gasteiger partial charge in [0, 0.05) is 16.8 Å². The molecule has 0 radical (unpaired) electrons. The average Bonchev–Trinajstić information content (AvgIpc) is 3.04. The van der Waals surface area contributed by atoms with Gasteiger partial charge in [0.1, 0.15) is 12.0 Å². The van der Waals surface area contributed by atoms with Crippen molar-refractivity contribution in [2.24, 2.45) is 0 Å². The second kappa shape index (κ2) is 6.01. The van der Waals surface area contributed by atoms with Crippen LogP contribution in [0.2, 0.25) is 0 Å². The van der Waals surface area contributed by atoms with Gasteiger partial charge in [-0.3, -0.25) is 9.69 Å².